The first-order chi connectivity index (χ1) is 21.1. The summed E-state index contributed by atoms with van der Waals surface area (Å²) in [5, 5.41) is 0. The van der Waals surface area contributed by atoms with Gasteiger partial charge in [-0.2, -0.15) is 0 Å². The fourth-order valence-electron chi connectivity index (χ4n) is 8.66. The van der Waals surface area contributed by atoms with Crippen LogP contribution in [0.5, 0.6) is 0 Å². The number of benzene rings is 2. The average Bonchev–Trinajstić information content (AvgIpc) is 3.03. The lowest BCUT2D eigenvalue weighted by molar-refractivity contribution is -0.945. The van der Waals surface area contributed by atoms with E-state index in [1.165, 1.54) is 98.1 Å². The van der Waals surface area contributed by atoms with Crippen LogP contribution in [0.15, 0.2) is 36.4 Å². The van der Waals surface area contributed by atoms with Crippen molar-refractivity contribution in [3.8, 4) is 0 Å². The van der Waals surface area contributed by atoms with Crippen molar-refractivity contribution in [2.24, 2.45) is 0 Å². The molecule has 4 rings (SSSR count). The molecule has 0 bridgehead atoms. The molecular formula is C40H64ClIN2O2. The lowest BCUT2D eigenvalue weighted by atomic mass is 9.91. The number of piperidine rings is 2. The number of halogens is 2. The number of hydrogen-bond acceptors (Lipinski definition) is 2. The number of nitrogens with zero attached hydrogens (tertiary/aromatic N) is 2. The Morgan fingerprint density at radius 1 is 0.565 bits per heavy atom. The van der Waals surface area contributed by atoms with Gasteiger partial charge in [0.05, 0.1) is 39.3 Å². The van der Waals surface area contributed by atoms with Crippen LogP contribution in [0, 0.1) is 27.7 Å². The van der Waals surface area contributed by atoms with E-state index in [0.29, 0.717) is 24.4 Å². The normalized spacial score (nSPS) is 18.1. The number of hydrogen-bond donors (Lipinski definition) is 0. The largest absolute Gasteiger partial charge is 1.00 e. The van der Waals surface area contributed by atoms with Crippen molar-refractivity contribution < 1.29 is 54.9 Å². The van der Waals surface area contributed by atoms with Crippen molar-refractivity contribution in [1.29, 1.82) is 0 Å². The Morgan fingerprint density at radius 2 is 0.848 bits per heavy atom. The first-order valence-corrected chi connectivity index (χ1v) is 17.9. The van der Waals surface area contributed by atoms with Gasteiger partial charge in [-0.1, -0.05) is 50.2 Å². The third kappa shape index (κ3) is 10.4. The van der Waals surface area contributed by atoms with Gasteiger partial charge in [-0.3, -0.25) is 9.59 Å². The molecule has 0 aromatic heterocycles. The summed E-state index contributed by atoms with van der Waals surface area (Å²) in [4.78, 5) is 26.2. The van der Waals surface area contributed by atoms with Crippen molar-refractivity contribution in [3.63, 3.8) is 0 Å². The second-order valence-electron chi connectivity index (χ2n) is 14.0. The molecule has 2 saturated heterocycles. The summed E-state index contributed by atoms with van der Waals surface area (Å²) in [6.07, 6.45) is 10.9. The zero-order valence-electron chi connectivity index (χ0n) is 30.4. The Bertz CT molecular complexity index is 1100. The number of likely N-dealkylation sites (tertiary alicyclic amines) is 2. The molecule has 4 nitrogen and oxygen atoms in total. The molecule has 0 saturated carbocycles. The molecule has 0 amide bonds. The lowest BCUT2D eigenvalue weighted by Gasteiger charge is -2.46. The summed E-state index contributed by atoms with van der Waals surface area (Å²) in [5.41, 5.74) is 7.51. The monoisotopic (exact) mass is 766 g/mol. The zero-order chi connectivity index (χ0) is 32.3. The van der Waals surface area contributed by atoms with Gasteiger partial charge in [0.1, 0.15) is 12.1 Å². The van der Waals surface area contributed by atoms with Crippen molar-refractivity contribution in [1.82, 2.24) is 0 Å². The fourth-order valence-corrected chi connectivity index (χ4v) is 8.66. The minimum Gasteiger partial charge on any atom is -1.00 e. The predicted octanol–water partition coefficient (Wildman–Crippen LogP) is 2.44. The van der Waals surface area contributed by atoms with E-state index in [4.69, 9.17) is 0 Å². The predicted molar refractivity (Wildman–Crippen MR) is 186 cm³/mol. The van der Waals surface area contributed by atoms with Gasteiger partial charge in [-0.25, -0.2) is 0 Å². The van der Waals surface area contributed by atoms with Crippen LogP contribution in [-0.2, 0) is 22.4 Å². The average molecular weight is 767 g/mol. The SMILES string of the molecule is CCC(C(=O)Cc1c(C)cccc1C)[N+]1(CC)CCCCC1.CCC(C(=O)Cc1c(C)cccc1C)[N+]1(CC)CCCCC1.[Cl-].[I-]. The molecule has 0 radical (unpaired) electrons. The van der Waals surface area contributed by atoms with Gasteiger partial charge >= 0.3 is 0 Å². The third-order valence-electron chi connectivity index (χ3n) is 11.5. The number of aryl methyl sites for hydroxylation is 4. The van der Waals surface area contributed by atoms with E-state index >= 15 is 0 Å². The van der Waals surface area contributed by atoms with Crippen molar-refractivity contribution in [2.75, 3.05) is 39.3 Å². The minimum atomic E-state index is 0. The van der Waals surface area contributed by atoms with Crippen LogP contribution < -0.4 is 36.4 Å². The number of ketones is 2. The molecule has 2 fully saturated rings. The highest BCUT2D eigenvalue weighted by Crippen LogP contribution is 2.28. The standard InChI is InChI=1S/2C20H32NO.ClH.HI/c2*1-5-19(21(6-2)13-8-7-9-14-21)20(22)15-18-16(3)11-10-12-17(18)4;;/h2*10-12,19H,5-9,13-15H2,1-4H3;2*1H/q2*+1;;/p-2. The van der Waals surface area contributed by atoms with Gasteiger partial charge in [-0.05, 0) is 113 Å². The van der Waals surface area contributed by atoms with Crippen LogP contribution in [0.25, 0.3) is 0 Å². The van der Waals surface area contributed by atoms with E-state index in [2.05, 4.69) is 91.8 Å². The van der Waals surface area contributed by atoms with E-state index in [1.54, 1.807) is 0 Å². The number of Topliss-reactive ketones (excluding diaryl/α,β-unsaturated/α-hetero) is 2. The van der Waals surface area contributed by atoms with Gasteiger partial charge in [0.15, 0.2) is 11.6 Å². The highest BCUT2D eigenvalue weighted by Gasteiger charge is 2.41. The van der Waals surface area contributed by atoms with Gasteiger partial charge in [-0.15, -0.1) is 0 Å². The van der Waals surface area contributed by atoms with E-state index in [9.17, 15) is 9.59 Å². The maximum Gasteiger partial charge on any atom is 0.194 e. The number of likely N-dealkylation sites (N-methyl/N-ethyl adjacent to an activating group) is 2. The van der Waals surface area contributed by atoms with Crippen molar-refractivity contribution in [3.05, 3.63) is 69.8 Å². The van der Waals surface area contributed by atoms with Crippen LogP contribution in [0.4, 0.5) is 0 Å². The van der Waals surface area contributed by atoms with Gasteiger partial charge in [0.25, 0.3) is 0 Å². The van der Waals surface area contributed by atoms with Gasteiger partial charge in [0, 0.05) is 25.7 Å². The first kappa shape index (κ1) is 42.7. The van der Waals surface area contributed by atoms with E-state index in [0.717, 1.165) is 34.9 Å². The summed E-state index contributed by atoms with van der Waals surface area (Å²) >= 11 is 0. The quantitative estimate of drug-likeness (QED) is 0.246. The molecular weight excluding hydrogens is 703 g/mol. The number of carbonyl (C=O) groups is 2. The van der Waals surface area contributed by atoms with Crippen LogP contribution in [0.2, 0.25) is 0 Å². The van der Waals surface area contributed by atoms with Crippen LogP contribution >= 0.6 is 0 Å². The molecule has 2 unspecified atom stereocenters. The van der Waals surface area contributed by atoms with Crippen LogP contribution in [-0.4, -0.2) is 71.9 Å². The molecule has 2 heterocycles. The maximum atomic E-state index is 13.1. The molecule has 2 aromatic carbocycles. The topological polar surface area (TPSA) is 34.1 Å². The molecule has 2 atom stereocenters. The molecule has 2 aliphatic heterocycles. The van der Waals surface area contributed by atoms with E-state index < -0.39 is 0 Å². The summed E-state index contributed by atoms with van der Waals surface area (Å²) in [5.74, 6) is 0.896. The van der Waals surface area contributed by atoms with Crippen molar-refractivity contribution in [2.45, 2.75) is 132 Å². The third-order valence-corrected chi connectivity index (χ3v) is 11.5. The Kier molecular flexibility index (Phi) is 18.8. The summed E-state index contributed by atoms with van der Waals surface area (Å²) in [6, 6.07) is 13.0. The Balaban J connectivity index is 0.000000441. The van der Waals surface area contributed by atoms with Gasteiger partial charge < -0.3 is 45.3 Å². The molecule has 2 aliphatic rings. The van der Waals surface area contributed by atoms with Crippen LogP contribution in [0.1, 0.15) is 112 Å². The minimum absolute atomic E-state index is 0. The maximum absolute atomic E-state index is 13.1. The molecule has 2 aromatic rings. The second kappa shape index (κ2) is 20.3. The number of carbonyl (C=O) groups excluding carboxylic acids is 2. The van der Waals surface area contributed by atoms with Gasteiger partial charge in [0.2, 0.25) is 0 Å². The van der Waals surface area contributed by atoms with Crippen LogP contribution in [0.3, 0.4) is 0 Å². The number of rotatable bonds is 12. The molecule has 0 spiro atoms. The van der Waals surface area contributed by atoms with Crippen molar-refractivity contribution >= 4 is 11.6 Å². The smallest absolute Gasteiger partial charge is 0.194 e. The Hall–Kier alpha value is -1.28. The highest BCUT2D eigenvalue weighted by atomic mass is 127. The summed E-state index contributed by atoms with van der Waals surface area (Å²) in [7, 11) is 0. The first-order valence-electron chi connectivity index (χ1n) is 17.9. The zero-order valence-corrected chi connectivity index (χ0v) is 33.3. The van der Waals surface area contributed by atoms with E-state index in [-0.39, 0.29) is 48.5 Å². The lowest BCUT2D eigenvalue weighted by Crippen LogP contribution is -3.00. The number of quaternary nitrogens is 2. The molecule has 0 N–H and O–H groups in total. The Morgan fingerprint density at radius 3 is 1.09 bits per heavy atom. The van der Waals surface area contributed by atoms with E-state index in [1.807, 2.05) is 0 Å². The highest BCUT2D eigenvalue weighted by molar-refractivity contribution is 5.86. The summed E-state index contributed by atoms with van der Waals surface area (Å²) < 4.78 is 2.06. The Labute approximate surface area is 305 Å². The summed E-state index contributed by atoms with van der Waals surface area (Å²) in [6.45, 7) is 24.4. The fraction of sp³-hybridized carbons (Fsp3) is 0.650. The molecule has 0 aliphatic carbocycles. The molecule has 6 heteroatoms. The molecule has 46 heavy (non-hydrogen) atoms. The molecule has 260 valence electrons. The second-order valence-corrected chi connectivity index (χ2v) is 14.0.